The number of nitro groups is 1. The van der Waals surface area contributed by atoms with Crippen LogP contribution in [-0.2, 0) is 0 Å². The highest BCUT2D eigenvalue weighted by atomic mass is 16.6. The fourth-order valence-electron chi connectivity index (χ4n) is 1.77. The molecule has 1 aromatic heterocycles. The Morgan fingerprint density at radius 1 is 1.38 bits per heavy atom. The maximum atomic E-state index is 11.0. The van der Waals surface area contributed by atoms with Gasteiger partial charge in [-0.05, 0) is 25.1 Å². The van der Waals surface area contributed by atoms with Crippen LogP contribution in [0.4, 0.5) is 17.2 Å². The van der Waals surface area contributed by atoms with E-state index in [2.05, 4.69) is 10.3 Å². The summed E-state index contributed by atoms with van der Waals surface area (Å²) in [4.78, 5) is 14.7. The molecule has 0 aliphatic heterocycles. The second-order valence-electron chi connectivity index (χ2n) is 4.37. The molecule has 0 amide bonds. The highest BCUT2D eigenvalue weighted by Crippen LogP contribution is 2.27. The largest absolute Gasteiger partial charge is 0.492 e. The van der Waals surface area contributed by atoms with Crippen LogP contribution in [-0.4, -0.2) is 23.1 Å². The fraction of sp³-hybridized carbons (Fsp3) is 0.214. The molecule has 1 aromatic carbocycles. The SMILES string of the molecule is Cc1ccc([N+](=O)[O-])c(Nc2cccc(OCCN)c2)n1. The number of hydrogen-bond acceptors (Lipinski definition) is 6. The van der Waals surface area contributed by atoms with E-state index in [1.807, 2.05) is 0 Å². The molecule has 0 spiro atoms. The van der Waals surface area contributed by atoms with E-state index in [0.717, 1.165) is 0 Å². The van der Waals surface area contributed by atoms with E-state index >= 15 is 0 Å². The Balaban J connectivity index is 2.25. The fourth-order valence-corrected chi connectivity index (χ4v) is 1.77. The first-order valence-corrected chi connectivity index (χ1v) is 6.42. The van der Waals surface area contributed by atoms with Gasteiger partial charge in [0.15, 0.2) is 0 Å². The number of anilines is 2. The molecule has 0 saturated carbocycles. The average molecular weight is 288 g/mol. The molecule has 2 rings (SSSR count). The highest BCUT2D eigenvalue weighted by Gasteiger charge is 2.15. The standard InChI is InChI=1S/C14H16N4O3/c1-10-5-6-13(18(19)20)14(16-10)17-11-3-2-4-12(9-11)21-8-7-15/h2-6,9H,7-8,15H2,1H3,(H,16,17). The van der Waals surface area contributed by atoms with Crippen molar-refractivity contribution in [2.45, 2.75) is 6.92 Å². The Labute approximate surface area is 121 Å². The minimum absolute atomic E-state index is 0.0751. The Bertz CT molecular complexity index is 646. The number of ether oxygens (including phenoxy) is 1. The van der Waals surface area contributed by atoms with Crippen LogP contribution in [0.1, 0.15) is 5.69 Å². The van der Waals surface area contributed by atoms with Crippen LogP contribution < -0.4 is 15.8 Å². The first-order valence-electron chi connectivity index (χ1n) is 6.42. The summed E-state index contributed by atoms with van der Waals surface area (Å²) in [6, 6.07) is 10.1. The molecule has 0 aliphatic rings. The van der Waals surface area contributed by atoms with Gasteiger partial charge in [-0.2, -0.15) is 0 Å². The average Bonchev–Trinajstić information content (AvgIpc) is 2.45. The zero-order valence-electron chi connectivity index (χ0n) is 11.6. The minimum Gasteiger partial charge on any atom is -0.492 e. The number of rotatable bonds is 6. The lowest BCUT2D eigenvalue weighted by atomic mass is 10.2. The molecular formula is C14H16N4O3. The first-order chi connectivity index (χ1) is 10.1. The van der Waals surface area contributed by atoms with Gasteiger partial charge in [0.05, 0.1) is 4.92 Å². The van der Waals surface area contributed by atoms with Gasteiger partial charge in [-0.3, -0.25) is 10.1 Å². The lowest BCUT2D eigenvalue weighted by molar-refractivity contribution is -0.384. The van der Waals surface area contributed by atoms with E-state index in [9.17, 15) is 10.1 Å². The first kappa shape index (κ1) is 14.7. The predicted molar refractivity (Wildman–Crippen MR) is 79.9 cm³/mol. The van der Waals surface area contributed by atoms with E-state index in [-0.39, 0.29) is 11.5 Å². The third kappa shape index (κ3) is 3.90. The van der Waals surface area contributed by atoms with Crippen molar-refractivity contribution < 1.29 is 9.66 Å². The molecule has 0 saturated heterocycles. The van der Waals surface area contributed by atoms with Crippen molar-refractivity contribution in [2.24, 2.45) is 5.73 Å². The molecule has 2 aromatic rings. The van der Waals surface area contributed by atoms with Crippen molar-refractivity contribution in [1.82, 2.24) is 4.98 Å². The molecule has 0 radical (unpaired) electrons. The molecule has 1 heterocycles. The van der Waals surface area contributed by atoms with Gasteiger partial charge in [0.1, 0.15) is 12.4 Å². The summed E-state index contributed by atoms with van der Waals surface area (Å²) in [5.41, 5.74) is 6.66. The van der Waals surface area contributed by atoms with Gasteiger partial charge >= 0.3 is 5.69 Å². The van der Waals surface area contributed by atoms with Crippen LogP contribution in [0.25, 0.3) is 0 Å². The molecule has 0 unspecified atom stereocenters. The molecule has 7 heteroatoms. The van der Waals surface area contributed by atoms with Gasteiger partial charge in [-0.1, -0.05) is 6.07 Å². The Morgan fingerprint density at radius 2 is 2.19 bits per heavy atom. The van der Waals surface area contributed by atoms with Gasteiger partial charge in [-0.15, -0.1) is 0 Å². The molecule has 7 nitrogen and oxygen atoms in total. The van der Waals surface area contributed by atoms with E-state index in [1.165, 1.54) is 6.07 Å². The van der Waals surface area contributed by atoms with E-state index < -0.39 is 4.92 Å². The zero-order valence-corrected chi connectivity index (χ0v) is 11.6. The number of aryl methyl sites for hydroxylation is 1. The Morgan fingerprint density at radius 3 is 2.90 bits per heavy atom. The molecule has 21 heavy (non-hydrogen) atoms. The third-order valence-electron chi connectivity index (χ3n) is 2.69. The smallest absolute Gasteiger partial charge is 0.311 e. The summed E-state index contributed by atoms with van der Waals surface area (Å²) in [6.07, 6.45) is 0. The maximum Gasteiger partial charge on any atom is 0.311 e. The van der Waals surface area contributed by atoms with E-state index in [4.69, 9.17) is 10.5 Å². The van der Waals surface area contributed by atoms with Crippen molar-refractivity contribution in [3.63, 3.8) is 0 Å². The molecule has 0 bridgehead atoms. The molecule has 0 fully saturated rings. The van der Waals surface area contributed by atoms with Gasteiger partial charge in [0.2, 0.25) is 5.82 Å². The maximum absolute atomic E-state index is 11.0. The normalized spacial score (nSPS) is 10.2. The molecule has 0 aliphatic carbocycles. The number of nitrogens with two attached hydrogens (primary N) is 1. The second kappa shape index (κ2) is 6.67. The lowest BCUT2D eigenvalue weighted by Crippen LogP contribution is -2.10. The number of nitrogens with one attached hydrogen (secondary N) is 1. The Kier molecular flexibility index (Phi) is 4.68. The number of benzene rings is 1. The quantitative estimate of drug-likeness (QED) is 0.624. The van der Waals surface area contributed by atoms with Gasteiger partial charge in [-0.25, -0.2) is 4.98 Å². The van der Waals surface area contributed by atoms with E-state index in [1.54, 1.807) is 37.3 Å². The van der Waals surface area contributed by atoms with Crippen molar-refractivity contribution in [2.75, 3.05) is 18.5 Å². The summed E-state index contributed by atoms with van der Waals surface area (Å²) >= 11 is 0. The second-order valence-corrected chi connectivity index (χ2v) is 4.37. The topological polar surface area (TPSA) is 103 Å². The summed E-state index contributed by atoms with van der Waals surface area (Å²) in [6.45, 7) is 2.60. The van der Waals surface area contributed by atoms with Crippen LogP contribution in [0.15, 0.2) is 36.4 Å². The van der Waals surface area contributed by atoms with Crippen LogP contribution >= 0.6 is 0 Å². The molecule has 110 valence electrons. The summed E-state index contributed by atoms with van der Waals surface area (Å²) in [5, 5.41) is 14.0. The van der Waals surface area contributed by atoms with Gasteiger partial charge < -0.3 is 15.8 Å². The molecule has 0 atom stereocenters. The van der Waals surface area contributed by atoms with Crippen LogP contribution in [0, 0.1) is 17.0 Å². The number of hydrogen-bond donors (Lipinski definition) is 2. The van der Waals surface area contributed by atoms with Crippen LogP contribution in [0.5, 0.6) is 5.75 Å². The number of nitrogens with zero attached hydrogens (tertiary/aromatic N) is 2. The van der Waals surface area contributed by atoms with E-state index in [0.29, 0.717) is 30.3 Å². The monoisotopic (exact) mass is 288 g/mol. The van der Waals surface area contributed by atoms with Crippen molar-refractivity contribution >= 4 is 17.2 Å². The van der Waals surface area contributed by atoms with Crippen LogP contribution in [0.2, 0.25) is 0 Å². The van der Waals surface area contributed by atoms with Crippen molar-refractivity contribution in [1.29, 1.82) is 0 Å². The zero-order chi connectivity index (χ0) is 15.2. The molecule has 3 N–H and O–H groups in total. The lowest BCUT2D eigenvalue weighted by Gasteiger charge is -2.09. The molecular weight excluding hydrogens is 272 g/mol. The minimum atomic E-state index is -0.469. The summed E-state index contributed by atoms with van der Waals surface area (Å²) in [7, 11) is 0. The predicted octanol–water partition coefficient (Wildman–Crippen LogP) is 2.38. The highest BCUT2D eigenvalue weighted by molar-refractivity contribution is 5.66. The number of pyridine rings is 1. The van der Waals surface area contributed by atoms with Gasteiger partial charge in [0.25, 0.3) is 0 Å². The summed E-state index contributed by atoms with van der Waals surface area (Å²) < 4.78 is 5.42. The number of aromatic nitrogens is 1. The third-order valence-corrected chi connectivity index (χ3v) is 2.69. The van der Waals surface area contributed by atoms with Crippen LogP contribution in [0.3, 0.4) is 0 Å². The Hall–Kier alpha value is -2.67. The van der Waals surface area contributed by atoms with Crippen molar-refractivity contribution in [3.8, 4) is 5.75 Å². The van der Waals surface area contributed by atoms with Gasteiger partial charge in [0, 0.05) is 30.1 Å². The van der Waals surface area contributed by atoms with Crippen molar-refractivity contribution in [3.05, 3.63) is 52.2 Å². The summed E-state index contributed by atoms with van der Waals surface area (Å²) in [5.74, 6) is 0.844.